The molecule has 9 aliphatic heterocycles. The van der Waals surface area contributed by atoms with Crippen LogP contribution in [-0.2, 0) is 53.3 Å². The third-order valence-corrected chi connectivity index (χ3v) is 30.5. The molecule has 27 nitrogen and oxygen atoms in total. The zero-order chi connectivity index (χ0) is 97.5. The molecule has 27 heteroatoms. The van der Waals surface area contributed by atoms with Gasteiger partial charge in [0.05, 0.1) is 129 Å². The second kappa shape index (κ2) is 45.4. The molecule has 1 aliphatic carbocycles. The van der Waals surface area contributed by atoms with E-state index < -0.39 is 0 Å². The monoisotopic (exact) mass is 1880 g/mol. The maximum Gasteiger partial charge on any atom is 0.246 e. The smallest absolute Gasteiger partial charge is 0.246 e. The summed E-state index contributed by atoms with van der Waals surface area (Å²) in [5.41, 5.74) is 17.1. The number of aryl methyl sites for hydroxylation is 3. The Balaban J connectivity index is 0.000000145. The zero-order valence-corrected chi connectivity index (χ0v) is 82.0. The number of likely N-dealkylation sites (tertiary alicyclic amines) is 3. The highest BCUT2D eigenvalue weighted by molar-refractivity contribution is 6.00. The zero-order valence-electron chi connectivity index (χ0n) is 82.0. The number of nitriles is 6. The van der Waals surface area contributed by atoms with Crippen LogP contribution in [0, 0.1) is 94.7 Å². The summed E-state index contributed by atoms with van der Waals surface area (Å²) in [7, 11) is 0. The predicted octanol–water partition coefficient (Wildman–Crippen LogP) is 16.4. The molecule has 3 amide bonds. The van der Waals surface area contributed by atoms with Crippen LogP contribution in [0.15, 0.2) is 147 Å². The molecular formula is C113H131N21O6. The second-order valence-corrected chi connectivity index (χ2v) is 39.2. The number of anilines is 6. The molecule has 9 aromatic rings. The van der Waals surface area contributed by atoms with Crippen molar-refractivity contribution in [2.24, 2.45) is 5.92 Å². The third-order valence-electron chi connectivity index (χ3n) is 30.5. The van der Waals surface area contributed by atoms with Gasteiger partial charge in [0.15, 0.2) is 0 Å². The van der Waals surface area contributed by atoms with Gasteiger partial charge in [0.2, 0.25) is 35.4 Å². The lowest BCUT2D eigenvalue weighted by atomic mass is 9.95. The van der Waals surface area contributed by atoms with Crippen molar-refractivity contribution in [2.75, 3.05) is 174 Å². The molecule has 19 rings (SSSR count). The number of ether oxygens (including phenoxy) is 3. The van der Waals surface area contributed by atoms with Gasteiger partial charge in [-0.25, -0.2) is 15.0 Å². The third kappa shape index (κ3) is 21.3. The second-order valence-electron chi connectivity index (χ2n) is 39.2. The normalized spacial score (nSPS) is 19.9. The Morgan fingerprint density at radius 2 is 0.779 bits per heavy atom. The predicted molar refractivity (Wildman–Crippen MR) is 550 cm³/mol. The van der Waals surface area contributed by atoms with Gasteiger partial charge in [0.1, 0.15) is 34.9 Å². The molecule has 6 aromatic carbocycles. The average Bonchev–Trinajstić information content (AvgIpc) is 0.788. The van der Waals surface area contributed by atoms with E-state index in [2.05, 4.69) is 237 Å². The van der Waals surface area contributed by atoms with Gasteiger partial charge in [0, 0.05) is 161 Å². The number of benzene rings is 6. The van der Waals surface area contributed by atoms with Crippen molar-refractivity contribution in [2.45, 2.75) is 193 Å². The SMILES string of the molecule is C=CC(=O)N1CCN(c2c(C#N)c(OC(C)CCN3CCCCC3)nc3c2CCN(c2cccc4cccc(C)c24)C3)C[C@@H]1CC#N.C=CC(=O)N1CCN(c2c(C#N)c(OCCCN3CCCCC3)nc3c2CCN(c2cccc4cccc(C)c24)C3)C[C@@H]1CC#N.C=CC(=O)N1CCN(c2c(C#N)c(OCCCN3C[C@H]4CC[C@@H]3C4)nc3c2CCN(c2cccc4cccc(C)c24)C3)C[C@@H]1CC#N. The fourth-order valence-electron chi connectivity index (χ4n) is 23.6. The van der Waals surface area contributed by atoms with Crippen LogP contribution in [0.2, 0.25) is 0 Å². The Labute approximate surface area is 824 Å². The number of rotatable bonds is 27. The van der Waals surface area contributed by atoms with E-state index in [1.807, 2.05) is 0 Å². The lowest BCUT2D eigenvalue weighted by Gasteiger charge is -2.43. The summed E-state index contributed by atoms with van der Waals surface area (Å²) in [6, 6.07) is 52.6. The van der Waals surface area contributed by atoms with E-state index in [0.717, 1.165) is 160 Å². The Bertz CT molecular complexity index is 6360. The minimum atomic E-state index is -0.304. The van der Waals surface area contributed by atoms with Crippen LogP contribution >= 0.6 is 0 Å². The van der Waals surface area contributed by atoms with Gasteiger partial charge < -0.3 is 68.1 Å². The first-order chi connectivity index (χ1) is 68.4. The summed E-state index contributed by atoms with van der Waals surface area (Å²) in [4.78, 5) is 79.8. The summed E-state index contributed by atoms with van der Waals surface area (Å²) in [6.45, 7) is 37.7. The number of hydrogen-bond donors (Lipinski definition) is 0. The lowest BCUT2D eigenvalue weighted by molar-refractivity contribution is -0.129. The van der Waals surface area contributed by atoms with Crippen LogP contribution in [0.4, 0.5) is 34.1 Å². The van der Waals surface area contributed by atoms with Crippen LogP contribution in [0.1, 0.15) is 170 Å². The van der Waals surface area contributed by atoms with Gasteiger partial charge in [0.25, 0.3) is 0 Å². The molecule has 0 N–H and O–H groups in total. The number of fused-ring (bicyclic) bond motifs is 8. The highest BCUT2D eigenvalue weighted by Gasteiger charge is 2.42. The van der Waals surface area contributed by atoms with Crippen LogP contribution < -0.4 is 43.6 Å². The Kier molecular flexibility index (Phi) is 31.7. The summed E-state index contributed by atoms with van der Waals surface area (Å²) < 4.78 is 19.3. The van der Waals surface area contributed by atoms with Gasteiger partial charge in [-0.05, 0) is 213 Å². The fraction of sp³-hybridized carbons (Fsp3) is 0.469. The Morgan fingerprint density at radius 3 is 1.13 bits per heavy atom. The first kappa shape index (κ1) is 97.8. The van der Waals surface area contributed by atoms with E-state index in [1.54, 1.807) is 14.7 Å². The van der Waals surface area contributed by atoms with E-state index in [4.69, 9.17) is 29.2 Å². The van der Waals surface area contributed by atoms with E-state index >= 15 is 0 Å². The molecule has 7 fully saturated rings. The van der Waals surface area contributed by atoms with Crippen molar-refractivity contribution in [3.63, 3.8) is 0 Å². The summed E-state index contributed by atoms with van der Waals surface area (Å²) >= 11 is 0. The van der Waals surface area contributed by atoms with E-state index in [9.17, 15) is 46.0 Å². The largest absolute Gasteiger partial charge is 0.477 e. The van der Waals surface area contributed by atoms with Gasteiger partial charge in [-0.3, -0.25) is 19.3 Å². The van der Waals surface area contributed by atoms with Gasteiger partial charge in [-0.15, -0.1) is 0 Å². The van der Waals surface area contributed by atoms with E-state index in [-0.39, 0.29) is 61.2 Å². The van der Waals surface area contributed by atoms with Crippen LogP contribution in [0.25, 0.3) is 32.3 Å². The molecule has 140 heavy (non-hydrogen) atoms. The number of piperazine rings is 3. The molecule has 2 bridgehead atoms. The summed E-state index contributed by atoms with van der Waals surface area (Å²) in [5.74, 6) is 1.50. The fourth-order valence-corrected chi connectivity index (χ4v) is 23.6. The van der Waals surface area contributed by atoms with Crippen LogP contribution in [0.3, 0.4) is 0 Å². The highest BCUT2D eigenvalue weighted by Crippen LogP contribution is 2.46. The standard InChI is InChI=1S/C38H43N7O2.C38H45N7O2.C37H43N7O2/c1-3-35(46)45-19-18-44(24-30(45)13-15-39)37-31-14-17-43(34-10-5-9-28-8-4-7-26(2)36(28)34)25-33(31)41-38(32(37)22-40)47-20-6-16-42-23-27-11-12-29(42)21-27;1-4-35(46)45-23-22-44(25-30(45)14-17-39)37-31-16-21-43(34-13-9-12-29-11-8-10-27(2)36(29)34)26-33(31)41-38(32(37)24-40)47-28(3)15-20-42-18-6-5-7-19-42;1-3-34(45)44-22-21-43(25-29(44)14-16-38)36-30-15-20-42(33-13-8-12-28-11-7-10-27(2)35(28)33)26-32(30)40-37(31(36)24-39)46-23-9-19-41-17-5-4-6-18-41/h3-5,7-10,27,29-30H,1,6,11-14,16-21,23-25H2,2H3;4,8-13,28,30H,1,5-7,14-16,18-23,25-26H2,2-3H3;3,7-8,10-13,29H,1,4-6,9,14-15,17-23,25-26H2,2H3/t27-,29+,30-;28?,30-;29-/m000/s1. The maximum absolute atomic E-state index is 12.7. The molecule has 1 saturated carbocycles. The quantitative estimate of drug-likeness (QED) is 0.0341. The van der Waals surface area contributed by atoms with Crippen molar-refractivity contribution >= 4 is 84.2 Å². The minimum Gasteiger partial charge on any atom is -0.477 e. The number of pyridine rings is 3. The van der Waals surface area contributed by atoms with Gasteiger partial charge >= 0.3 is 0 Å². The van der Waals surface area contributed by atoms with Crippen molar-refractivity contribution in [1.29, 1.82) is 31.6 Å². The van der Waals surface area contributed by atoms with Crippen molar-refractivity contribution in [3.8, 4) is 54.1 Å². The summed E-state index contributed by atoms with van der Waals surface area (Å²) in [5, 5.41) is 68.1. The molecule has 0 radical (unpaired) electrons. The number of nitrogens with zero attached hydrogens (tertiary/aromatic N) is 21. The molecule has 6 saturated heterocycles. The Hall–Kier alpha value is -13.8. The van der Waals surface area contributed by atoms with Crippen molar-refractivity contribution in [1.82, 2.24) is 44.4 Å². The number of amides is 3. The van der Waals surface area contributed by atoms with E-state index in [0.29, 0.717) is 133 Å². The molecule has 724 valence electrons. The lowest BCUT2D eigenvalue weighted by Crippen LogP contribution is -2.55. The van der Waals surface area contributed by atoms with Crippen molar-refractivity contribution < 1.29 is 28.6 Å². The average molecular weight is 1880 g/mol. The Morgan fingerprint density at radius 1 is 0.421 bits per heavy atom. The molecule has 12 heterocycles. The van der Waals surface area contributed by atoms with Gasteiger partial charge in [-0.2, -0.15) is 31.6 Å². The molecule has 6 atom stereocenters. The number of hydrogen-bond acceptors (Lipinski definition) is 24. The highest BCUT2D eigenvalue weighted by atomic mass is 16.5. The van der Waals surface area contributed by atoms with Crippen LogP contribution in [-0.4, -0.2) is 236 Å². The van der Waals surface area contributed by atoms with Crippen molar-refractivity contribution in [3.05, 3.63) is 214 Å². The minimum absolute atomic E-state index is 0.115. The molecular weight excluding hydrogens is 1750 g/mol. The topological polar surface area (TPSA) is 299 Å². The molecule has 10 aliphatic rings. The first-order valence-corrected chi connectivity index (χ1v) is 50.8. The molecule has 0 spiro atoms. The van der Waals surface area contributed by atoms with Crippen LogP contribution in [0.5, 0.6) is 17.6 Å². The number of piperidine rings is 3. The number of aromatic nitrogens is 3. The maximum atomic E-state index is 12.7. The number of carbonyl (C=O) groups excluding carboxylic acids is 3. The summed E-state index contributed by atoms with van der Waals surface area (Å²) in [6.07, 6.45) is 20.8. The molecule has 3 aromatic heterocycles. The van der Waals surface area contributed by atoms with Gasteiger partial charge in [-0.1, -0.05) is 124 Å². The first-order valence-electron chi connectivity index (χ1n) is 50.8. The number of carbonyl (C=O) groups is 3. The molecule has 1 unspecified atom stereocenters. The van der Waals surface area contributed by atoms with E-state index in [1.165, 1.54) is 149 Å².